The lowest BCUT2D eigenvalue weighted by Gasteiger charge is -2.24. The van der Waals surface area contributed by atoms with Crippen molar-refractivity contribution in [3.8, 4) is 0 Å². The molecule has 1 N–H and O–H groups in total. The van der Waals surface area contributed by atoms with E-state index >= 15 is 0 Å². The van der Waals surface area contributed by atoms with E-state index < -0.39 is 5.41 Å². The van der Waals surface area contributed by atoms with E-state index in [2.05, 4.69) is 10.4 Å². The molecule has 7 nitrogen and oxygen atoms in total. The molecule has 0 saturated heterocycles. The molecule has 1 aliphatic heterocycles. The van der Waals surface area contributed by atoms with Crippen LogP contribution in [-0.4, -0.2) is 34.0 Å². The van der Waals surface area contributed by atoms with Gasteiger partial charge in [-0.25, -0.2) is 4.90 Å². The maximum absolute atomic E-state index is 12.6. The second-order valence-electron chi connectivity index (χ2n) is 6.80. The number of hydrogen-bond acceptors (Lipinski definition) is 4. The van der Waals surface area contributed by atoms with Crippen LogP contribution in [0.5, 0.6) is 0 Å². The molecule has 25 heavy (non-hydrogen) atoms. The summed E-state index contributed by atoms with van der Waals surface area (Å²) in [6.07, 6.45) is 0. The molecular formula is C18H20N4O3. The van der Waals surface area contributed by atoms with Gasteiger partial charge in [0.1, 0.15) is 0 Å². The summed E-state index contributed by atoms with van der Waals surface area (Å²) >= 11 is 0. The van der Waals surface area contributed by atoms with Crippen molar-refractivity contribution >= 4 is 23.5 Å². The molecule has 0 unspecified atom stereocenters. The van der Waals surface area contributed by atoms with Gasteiger partial charge >= 0.3 is 0 Å². The molecule has 0 spiro atoms. The van der Waals surface area contributed by atoms with Crippen molar-refractivity contribution in [1.29, 1.82) is 0 Å². The molecule has 0 bridgehead atoms. The highest BCUT2D eigenvalue weighted by molar-refractivity contribution is 6.34. The largest absolute Gasteiger partial charge is 0.355 e. The van der Waals surface area contributed by atoms with Crippen molar-refractivity contribution in [2.24, 2.45) is 7.05 Å². The molecule has 1 aromatic carbocycles. The number of anilines is 1. The fourth-order valence-electron chi connectivity index (χ4n) is 3.03. The number of aromatic nitrogens is 2. The van der Waals surface area contributed by atoms with E-state index in [0.717, 1.165) is 10.6 Å². The smallest absolute Gasteiger partial charge is 0.267 e. The van der Waals surface area contributed by atoms with Crippen molar-refractivity contribution < 1.29 is 14.4 Å². The number of nitrogens with one attached hydrogen (secondary N) is 1. The number of hydrogen-bond donors (Lipinski definition) is 1. The number of carbonyl (C=O) groups excluding carboxylic acids is 3. The van der Waals surface area contributed by atoms with Crippen LogP contribution in [0.3, 0.4) is 0 Å². The highest BCUT2D eigenvalue weighted by Crippen LogP contribution is 2.31. The molecular weight excluding hydrogens is 320 g/mol. The summed E-state index contributed by atoms with van der Waals surface area (Å²) < 4.78 is 1.64. The van der Waals surface area contributed by atoms with Gasteiger partial charge in [0.25, 0.3) is 11.8 Å². The van der Waals surface area contributed by atoms with Crippen molar-refractivity contribution in [3.63, 3.8) is 0 Å². The fraction of sp³-hybridized carbons (Fsp3) is 0.333. The van der Waals surface area contributed by atoms with Gasteiger partial charge in [-0.3, -0.25) is 19.1 Å². The number of nitrogens with zero attached hydrogens (tertiary/aromatic N) is 3. The quantitative estimate of drug-likeness (QED) is 0.858. The molecule has 3 amide bonds. The van der Waals surface area contributed by atoms with Crippen molar-refractivity contribution in [3.05, 3.63) is 47.2 Å². The van der Waals surface area contributed by atoms with Crippen LogP contribution in [0, 0.1) is 0 Å². The van der Waals surface area contributed by atoms with Crippen LogP contribution in [0.1, 0.15) is 47.2 Å². The summed E-state index contributed by atoms with van der Waals surface area (Å²) in [5, 5.41) is 7.15. The van der Waals surface area contributed by atoms with Gasteiger partial charge < -0.3 is 5.32 Å². The van der Waals surface area contributed by atoms with E-state index in [1.807, 2.05) is 13.8 Å². The van der Waals surface area contributed by atoms with Gasteiger partial charge in [0.2, 0.25) is 5.91 Å². The molecule has 0 atom stereocenters. The highest BCUT2D eigenvalue weighted by atomic mass is 16.2. The maximum atomic E-state index is 12.6. The molecule has 2 heterocycles. The summed E-state index contributed by atoms with van der Waals surface area (Å²) in [5.41, 5.74) is 1.17. The lowest BCUT2D eigenvalue weighted by atomic mass is 9.89. The van der Waals surface area contributed by atoms with Gasteiger partial charge in [0.05, 0.1) is 11.1 Å². The van der Waals surface area contributed by atoms with Gasteiger partial charge in [-0.15, -0.1) is 0 Å². The van der Waals surface area contributed by atoms with E-state index in [1.165, 1.54) is 6.92 Å². The SMILES string of the molecule is CC(=O)NCC(C)(C)c1cc(N2C(=O)c3ccccc3C2=O)nn1C. The molecule has 3 rings (SSSR count). The van der Waals surface area contributed by atoms with Gasteiger partial charge in [-0.1, -0.05) is 26.0 Å². The van der Waals surface area contributed by atoms with Crippen LogP contribution < -0.4 is 10.2 Å². The summed E-state index contributed by atoms with van der Waals surface area (Å²) in [6.45, 7) is 5.81. The van der Waals surface area contributed by atoms with Crippen LogP contribution in [-0.2, 0) is 17.3 Å². The lowest BCUT2D eigenvalue weighted by Crippen LogP contribution is -2.36. The van der Waals surface area contributed by atoms with Gasteiger partial charge in [0.15, 0.2) is 5.82 Å². The summed E-state index contributed by atoms with van der Waals surface area (Å²) in [6, 6.07) is 8.46. The lowest BCUT2D eigenvalue weighted by molar-refractivity contribution is -0.119. The van der Waals surface area contributed by atoms with Gasteiger partial charge in [-0.05, 0) is 12.1 Å². The summed E-state index contributed by atoms with van der Waals surface area (Å²) in [5.74, 6) is -0.565. The van der Waals surface area contributed by atoms with Crippen molar-refractivity contribution in [2.45, 2.75) is 26.2 Å². The number of aryl methyl sites for hydroxylation is 1. The van der Waals surface area contributed by atoms with Crippen LogP contribution in [0.2, 0.25) is 0 Å². The summed E-state index contributed by atoms with van der Waals surface area (Å²) in [4.78, 5) is 37.5. The van der Waals surface area contributed by atoms with Crippen molar-refractivity contribution in [1.82, 2.24) is 15.1 Å². The zero-order valence-electron chi connectivity index (χ0n) is 14.7. The average molecular weight is 340 g/mol. The van der Waals surface area contributed by atoms with Gasteiger partial charge in [0, 0.05) is 37.7 Å². The Morgan fingerprint density at radius 2 is 1.72 bits per heavy atom. The van der Waals surface area contributed by atoms with E-state index in [9.17, 15) is 14.4 Å². The number of imide groups is 1. The Morgan fingerprint density at radius 3 is 2.24 bits per heavy atom. The molecule has 1 aromatic heterocycles. The zero-order chi connectivity index (χ0) is 18.4. The van der Waals surface area contributed by atoms with Crippen molar-refractivity contribution in [2.75, 3.05) is 11.4 Å². The number of carbonyl (C=O) groups is 3. The monoisotopic (exact) mass is 340 g/mol. The molecule has 7 heteroatoms. The first-order valence-electron chi connectivity index (χ1n) is 7.99. The third-order valence-electron chi connectivity index (χ3n) is 4.36. The fourth-order valence-corrected chi connectivity index (χ4v) is 3.03. The Hall–Kier alpha value is -2.96. The summed E-state index contributed by atoms with van der Waals surface area (Å²) in [7, 11) is 1.76. The van der Waals surface area contributed by atoms with Crippen LogP contribution in [0.15, 0.2) is 30.3 Å². The predicted molar refractivity (Wildman–Crippen MR) is 92.5 cm³/mol. The normalized spacial score (nSPS) is 14.0. The Balaban J connectivity index is 1.95. The molecule has 0 aliphatic carbocycles. The molecule has 0 saturated carbocycles. The van der Waals surface area contributed by atoms with E-state index in [1.54, 1.807) is 42.1 Å². The van der Waals surface area contributed by atoms with E-state index in [4.69, 9.17) is 0 Å². The predicted octanol–water partition coefficient (Wildman–Crippen LogP) is 1.63. The number of rotatable bonds is 4. The molecule has 2 aromatic rings. The average Bonchev–Trinajstić information content (AvgIpc) is 3.05. The zero-order valence-corrected chi connectivity index (χ0v) is 14.7. The third kappa shape index (κ3) is 2.82. The molecule has 130 valence electrons. The first-order valence-corrected chi connectivity index (χ1v) is 7.99. The Bertz CT molecular complexity index is 847. The Labute approximate surface area is 145 Å². The molecule has 0 fully saturated rings. The third-order valence-corrected chi connectivity index (χ3v) is 4.36. The Kier molecular flexibility index (Phi) is 3.94. The second kappa shape index (κ2) is 5.84. The first-order chi connectivity index (χ1) is 11.7. The van der Waals surface area contributed by atoms with Crippen LogP contribution >= 0.6 is 0 Å². The standard InChI is InChI=1S/C18H20N4O3/c1-11(23)19-10-18(2,3)14-9-15(20-21(14)4)22-16(24)12-7-5-6-8-13(12)17(22)25/h5-9H,10H2,1-4H3,(H,19,23). The molecule has 1 aliphatic rings. The number of benzene rings is 1. The number of fused-ring (bicyclic) bond motifs is 1. The minimum Gasteiger partial charge on any atom is -0.355 e. The minimum atomic E-state index is -0.412. The van der Waals surface area contributed by atoms with Crippen LogP contribution in [0.25, 0.3) is 0 Å². The van der Waals surface area contributed by atoms with Gasteiger partial charge in [-0.2, -0.15) is 5.10 Å². The maximum Gasteiger partial charge on any atom is 0.267 e. The molecule has 0 radical (unpaired) electrons. The van der Waals surface area contributed by atoms with Crippen LogP contribution in [0.4, 0.5) is 5.82 Å². The first kappa shape index (κ1) is 16.9. The number of amides is 3. The van der Waals surface area contributed by atoms with E-state index in [-0.39, 0.29) is 17.7 Å². The topological polar surface area (TPSA) is 84.3 Å². The minimum absolute atomic E-state index is 0.115. The van der Waals surface area contributed by atoms with E-state index in [0.29, 0.717) is 23.5 Å². The highest BCUT2D eigenvalue weighted by Gasteiger charge is 2.38. The second-order valence-corrected chi connectivity index (χ2v) is 6.80. The Morgan fingerprint density at radius 1 is 1.16 bits per heavy atom.